The van der Waals surface area contributed by atoms with Crippen LogP contribution in [0.15, 0.2) is 267 Å². The molecule has 0 saturated carbocycles. The summed E-state index contributed by atoms with van der Waals surface area (Å²) < 4.78 is 48.0. The summed E-state index contributed by atoms with van der Waals surface area (Å²) in [6.07, 6.45) is 0. The molecule has 0 aliphatic carbocycles. The quantitative estimate of drug-likeness (QED) is 0.109. The molecular weight excluding hydrogens is 805 g/mol. The molecule has 4 heteroatoms. The largest absolute Gasteiger partial charge is 0.311 e. The zero-order valence-corrected chi connectivity index (χ0v) is 36.9. The van der Waals surface area contributed by atoms with Gasteiger partial charge in [-0.1, -0.05) is 224 Å². The molecule has 10 aromatic carbocycles. The van der Waals surface area contributed by atoms with Crippen LogP contribution in [0, 0.1) is 0 Å². The minimum Gasteiger partial charge on any atom is -0.311 e. The zero-order chi connectivity index (χ0) is 46.9. The fourth-order valence-electron chi connectivity index (χ4n) is 10.7. The molecule has 0 radical (unpaired) electrons. The van der Waals surface area contributed by atoms with Gasteiger partial charge >= 0.3 is 0 Å². The number of fused-ring (bicyclic) bond motifs is 5. The smallest absolute Gasteiger partial charge is 0.184 e. The lowest BCUT2D eigenvalue weighted by Gasteiger charge is -2.45. The van der Waals surface area contributed by atoms with Gasteiger partial charge in [-0.2, -0.15) is 0 Å². The van der Waals surface area contributed by atoms with Crippen molar-refractivity contribution in [3.8, 4) is 5.69 Å². The number of rotatable bonds is 8. The molecule has 302 valence electrons. The molecule has 0 bridgehead atoms. The Labute approximate surface area is 383 Å². The molecule has 0 unspecified atom stereocenters. The molecule has 0 fully saturated rings. The Kier molecular flexibility index (Phi) is 7.99. The fraction of sp³-hybridized carbons (Fsp3) is 0. The van der Waals surface area contributed by atoms with E-state index in [2.05, 4.69) is 210 Å². The summed E-state index contributed by atoms with van der Waals surface area (Å²) in [5, 5.41) is 10.5. The van der Waals surface area contributed by atoms with E-state index in [1.807, 2.05) is 36.4 Å². The third-order valence-corrected chi connectivity index (χ3v) is 22.7. The Bertz CT molecular complexity index is 3630. The number of para-hydroxylation sites is 3. The molecule has 1 aliphatic rings. The van der Waals surface area contributed by atoms with Crippen LogP contribution in [-0.4, -0.2) is 20.7 Å². The highest BCUT2D eigenvalue weighted by atomic mass is 28.3. The molecule has 0 saturated heterocycles. The van der Waals surface area contributed by atoms with Crippen molar-refractivity contribution in [1.82, 2.24) is 4.57 Å². The Morgan fingerprint density at radius 1 is 0.359 bits per heavy atom. The molecule has 64 heavy (non-hydrogen) atoms. The number of aromatic nitrogens is 1. The molecule has 2 heterocycles. The van der Waals surface area contributed by atoms with E-state index in [1.54, 1.807) is 0 Å². The lowest BCUT2D eigenvalue weighted by molar-refractivity contribution is 1.17. The molecule has 2 nitrogen and oxygen atoms in total. The van der Waals surface area contributed by atoms with Crippen molar-refractivity contribution in [2.45, 2.75) is 0 Å². The Hall–Kier alpha value is -7.77. The van der Waals surface area contributed by atoms with E-state index in [9.17, 15) is 2.74 Å². The summed E-state index contributed by atoms with van der Waals surface area (Å²) >= 11 is 0. The zero-order valence-electron chi connectivity index (χ0n) is 39.9. The van der Waals surface area contributed by atoms with Gasteiger partial charge in [0.2, 0.25) is 0 Å². The number of anilines is 3. The molecule has 1 aliphatic heterocycles. The fourth-order valence-corrected chi connectivity index (χ4v) is 20.2. The van der Waals surface area contributed by atoms with E-state index >= 15 is 0 Å². The van der Waals surface area contributed by atoms with Gasteiger partial charge in [-0.05, 0) is 84.0 Å². The van der Waals surface area contributed by atoms with Crippen LogP contribution in [-0.2, 0) is 0 Å². The molecule has 1 aromatic heterocycles. The monoisotopic (exact) mass is 853 g/mol. The molecular formula is C60H44N2Si2. The van der Waals surface area contributed by atoms with Crippen molar-refractivity contribution >= 4 is 96.5 Å². The minimum absolute atomic E-state index is 0.174. The van der Waals surface area contributed by atoms with Crippen LogP contribution in [0.1, 0.15) is 6.85 Å². The van der Waals surface area contributed by atoms with Crippen LogP contribution < -0.4 is 46.4 Å². The number of benzene rings is 10. The van der Waals surface area contributed by atoms with Gasteiger partial charge in [-0.25, -0.2) is 0 Å². The minimum atomic E-state index is -3.64. The highest BCUT2D eigenvalue weighted by Gasteiger charge is 2.49. The Morgan fingerprint density at radius 3 is 1.55 bits per heavy atom. The third kappa shape index (κ3) is 5.70. The van der Waals surface area contributed by atoms with Crippen molar-refractivity contribution in [1.29, 1.82) is 0 Å². The second-order valence-electron chi connectivity index (χ2n) is 16.4. The predicted octanol–water partition coefficient (Wildman–Crippen LogP) is 9.32. The van der Waals surface area contributed by atoms with Crippen molar-refractivity contribution in [2.75, 3.05) is 4.90 Å². The molecule has 0 atom stereocenters. The normalized spacial score (nSPS) is 14.2. The van der Waals surface area contributed by atoms with Gasteiger partial charge in [0.25, 0.3) is 0 Å². The van der Waals surface area contributed by atoms with E-state index in [0.29, 0.717) is 5.19 Å². The van der Waals surface area contributed by atoms with Gasteiger partial charge in [0.1, 0.15) is 0 Å². The highest BCUT2D eigenvalue weighted by Crippen LogP contribution is 2.40. The second kappa shape index (κ2) is 15.5. The van der Waals surface area contributed by atoms with Crippen LogP contribution in [0.3, 0.4) is 0 Å². The average Bonchev–Trinajstić information content (AvgIpc) is 3.75. The van der Waals surface area contributed by atoms with E-state index in [1.165, 1.54) is 20.7 Å². The summed E-state index contributed by atoms with van der Waals surface area (Å²) in [7, 11) is -6.57. The average molecular weight is 854 g/mol. The maximum Gasteiger partial charge on any atom is 0.184 e. The first kappa shape index (κ1) is 32.9. The predicted molar refractivity (Wildman–Crippen MR) is 276 cm³/mol. The van der Waals surface area contributed by atoms with Gasteiger partial charge in [-0.15, -0.1) is 0 Å². The van der Waals surface area contributed by atoms with Gasteiger partial charge < -0.3 is 9.47 Å². The Morgan fingerprint density at radius 2 is 0.891 bits per heavy atom. The van der Waals surface area contributed by atoms with E-state index in [0.717, 1.165) is 60.1 Å². The summed E-state index contributed by atoms with van der Waals surface area (Å²) in [5.74, 6) is 0. The van der Waals surface area contributed by atoms with Gasteiger partial charge in [0, 0.05) is 33.5 Å². The first-order valence-electron chi connectivity index (χ1n) is 24.3. The van der Waals surface area contributed by atoms with Crippen LogP contribution in [0.25, 0.3) is 27.5 Å². The number of nitrogens with zero attached hydrogens (tertiary/aromatic N) is 2. The first-order valence-corrected chi connectivity index (χ1v) is 25.8. The van der Waals surface area contributed by atoms with Crippen molar-refractivity contribution in [3.63, 3.8) is 0 Å². The first-order chi connectivity index (χ1) is 33.8. The van der Waals surface area contributed by atoms with E-state index in [4.69, 9.17) is 4.11 Å². The lowest BCUT2D eigenvalue weighted by atomic mass is 10.1. The maximum absolute atomic E-state index is 9.54. The second-order valence-corrected chi connectivity index (χ2v) is 23.9. The van der Waals surface area contributed by atoms with Crippen LogP contribution >= 0.6 is 0 Å². The summed E-state index contributed by atoms with van der Waals surface area (Å²) in [6, 6.07) is 82.7. The molecule has 11 aromatic rings. The molecule has 0 N–H and O–H groups in total. The van der Waals surface area contributed by atoms with Gasteiger partial charge in [0.05, 0.1) is 17.9 Å². The molecule has 0 spiro atoms. The third-order valence-electron chi connectivity index (χ3n) is 13.3. The van der Waals surface area contributed by atoms with Crippen LogP contribution in [0.5, 0.6) is 0 Å². The maximum atomic E-state index is 9.54. The van der Waals surface area contributed by atoms with Crippen molar-refractivity contribution in [3.05, 3.63) is 267 Å². The summed E-state index contributed by atoms with van der Waals surface area (Å²) in [4.78, 5) is 2.44. The van der Waals surface area contributed by atoms with Crippen LogP contribution in [0.2, 0.25) is 0 Å². The molecule has 12 rings (SSSR count). The van der Waals surface area contributed by atoms with Gasteiger partial charge in [-0.3, -0.25) is 0 Å². The lowest BCUT2D eigenvalue weighted by Crippen LogP contribution is -2.77. The Balaban J connectivity index is 1.16. The van der Waals surface area contributed by atoms with Crippen molar-refractivity contribution in [2.24, 2.45) is 0 Å². The van der Waals surface area contributed by atoms with E-state index < -0.39 is 22.2 Å². The van der Waals surface area contributed by atoms with Crippen molar-refractivity contribution < 1.29 is 6.85 Å². The van der Waals surface area contributed by atoms with Crippen LogP contribution in [0.4, 0.5) is 17.1 Å². The molecule has 0 amide bonds. The SMILES string of the molecule is [2H]c1c([2H])c([2H])c([Si](c2ccccc2)(c2ccccc2)c2ccc3c(c2)c2ccccc2n3-c2ccc3c(c2)N(c2ccccc2)c2ccccc2[Si]3(c2ccccc2)c2ccccc2)c([2H])c1[2H]. The highest BCUT2D eigenvalue weighted by molar-refractivity contribution is 7.21. The van der Waals surface area contributed by atoms with Gasteiger partial charge in [0.15, 0.2) is 16.1 Å². The summed E-state index contributed by atoms with van der Waals surface area (Å²) in [5.41, 5.74) is 6.42. The topological polar surface area (TPSA) is 8.17 Å². The standard InChI is InChI=1S/C60H44N2Si2/c1-7-23-45(24-8-1)61-57-37-21-22-38-59(57)64(50-31-15-5-16-32-50,51-33-17-6-18-34-51)60-42-39-46(43-58(60)61)62-55-36-20-19-35-53(55)54-44-52(40-41-56(54)62)63(47-25-9-2-10-26-47,48-27-11-3-12-28-48)49-29-13-4-14-30-49/h1-44H/i2D,9D,10D,25D,26D. The van der Waals surface area contributed by atoms with E-state index in [-0.39, 0.29) is 24.2 Å². The number of hydrogen-bond donors (Lipinski definition) is 0. The summed E-state index contributed by atoms with van der Waals surface area (Å²) in [6.45, 7) is 0. The number of hydrogen-bond acceptors (Lipinski definition) is 1.